The Morgan fingerprint density at radius 1 is 0.852 bits per heavy atom. The molecule has 2 atom stereocenters. The molecule has 1 N–H and O–H groups in total. The second-order valence-electron chi connectivity index (χ2n) is 6.24. The Morgan fingerprint density at radius 3 is 2.19 bits per heavy atom. The molecule has 0 aromatic heterocycles. The van der Waals surface area contributed by atoms with Crippen LogP contribution in [0.25, 0.3) is 0 Å². The summed E-state index contributed by atoms with van der Waals surface area (Å²) >= 11 is 1.61. The zero-order valence-corrected chi connectivity index (χ0v) is 16.2. The third-order valence-electron chi connectivity index (χ3n) is 4.42. The third-order valence-corrected chi connectivity index (χ3v) is 5.39. The first-order valence-electron chi connectivity index (χ1n) is 8.61. The Kier molecular flexibility index (Phi) is 6.54. The lowest BCUT2D eigenvalue weighted by Gasteiger charge is -2.19. The number of thioether (sulfide) groups is 1. The molecule has 2 nitrogen and oxygen atoms in total. The molecule has 1 heterocycles. The van der Waals surface area contributed by atoms with Gasteiger partial charge in [-0.2, -0.15) is 0 Å². The summed E-state index contributed by atoms with van der Waals surface area (Å²) in [5.41, 5.74) is 3.36. The van der Waals surface area contributed by atoms with Gasteiger partial charge in [-0.15, -0.1) is 12.4 Å². The average molecular weight is 399 g/mol. The van der Waals surface area contributed by atoms with Crippen LogP contribution in [-0.4, -0.2) is 5.17 Å². The quantitative estimate of drug-likeness (QED) is 0.589. The largest absolute Gasteiger partial charge is 0.356 e. The Bertz CT molecular complexity index is 902. The molecule has 5 heteroatoms. The highest BCUT2D eigenvalue weighted by atomic mass is 35.5. The van der Waals surface area contributed by atoms with Crippen molar-refractivity contribution in [2.75, 3.05) is 0 Å². The summed E-state index contributed by atoms with van der Waals surface area (Å²) in [4.78, 5) is 4.93. The van der Waals surface area contributed by atoms with Crippen LogP contribution in [-0.2, 0) is 5.75 Å². The molecule has 0 aliphatic carbocycles. The molecular weight excluding hydrogens is 379 g/mol. The van der Waals surface area contributed by atoms with Crippen LogP contribution in [0.15, 0.2) is 89.9 Å². The lowest BCUT2D eigenvalue weighted by molar-refractivity contribution is 0.573. The van der Waals surface area contributed by atoms with Crippen LogP contribution >= 0.6 is 24.2 Å². The first-order valence-corrected chi connectivity index (χ1v) is 9.59. The van der Waals surface area contributed by atoms with Crippen LogP contribution < -0.4 is 5.32 Å². The molecule has 3 aromatic carbocycles. The number of benzene rings is 3. The number of nitrogens with one attached hydrogen (secondary N) is 1. The molecule has 0 bridgehead atoms. The van der Waals surface area contributed by atoms with Crippen molar-refractivity contribution in [2.45, 2.75) is 17.8 Å². The van der Waals surface area contributed by atoms with Gasteiger partial charge in [0.25, 0.3) is 0 Å². The van der Waals surface area contributed by atoms with Crippen molar-refractivity contribution in [3.63, 3.8) is 0 Å². The van der Waals surface area contributed by atoms with E-state index in [9.17, 15) is 4.39 Å². The maximum atomic E-state index is 13.4. The van der Waals surface area contributed by atoms with Crippen LogP contribution in [0.2, 0.25) is 0 Å². The van der Waals surface area contributed by atoms with Crippen molar-refractivity contribution in [2.24, 2.45) is 4.99 Å². The van der Waals surface area contributed by atoms with Crippen molar-refractivity contribution < 1.29 is 4.39 Å². The van der Waals surface area contributed by atoms with Gasteiger partial charge in [0.2, 0.25) is 0 Å². The normalized spacial score (nSPS) is 18.3. The fourth-order valence-corrected chi connectivity index (χ4v) is 4.03. The number of halogens is 2. The average Bonchev–Trinajstić information content (AvgIpc) is 3.12. The van der Waals surface area contributed by atoms with Crippen molar-refractivity contribution in [3.05, 3.63) is 107 Å². The number of hydrogen-bond acceptors (Lipinski definition) is 3. The molecule has 4 rings (SSSR count). The number of nitrogens with zero attached hydrogens (tertiary/aromatic N) is 1. The Morgan fingerprint density at radius 2 is 1.52 bits per heavy atom. The lowest BCUT2D eigenvalue weighted by atomic mass is 9.95. The molecule has 138 valence electrons. The lowest BCUT2D eigenvalue weighted by Crippen LogP contribution is -2.22. The highest BCUT2D eigenvalue weighted by Crippen LogP contribution is 2.38. The van der Waals surface area contributed by atoms with Gasteiger partial charge in [0, 0.05) is 5.75 Å². The molecule has 0 fully saturated rings. The maximum absolute atomic E-state index is 13.4. The van der Waals surface area contributed by atoms with E-state index in [1.165, 1.54) is 17.2 Å². The standard InChI is InChI=1S/C22H19FN2S.ClH/c23-19-13-7-8-16(14-19)15-26-22-24-20(17-9-3-1-4-10-17)21(25-22)18-11-5-2-6-12-18;/h1-14,20-21H,15H2,(H,24,25);1H. The molecule has 0 saturated carbocycles. The predicted octanol–water partition coefficient (Wildman–Crippen LogP) is 5.92. The molecule has 0 saturated heterocycles. The van der Waals surface area contributed by atoms with E-state index in [0.29, 0.717) is 5.75 Å². The topological polar surface area (TPSA) is 24.4 Å². The molecule has 1 aliphatic heterocycles. The van der Waals surface area contributed by atoms with Gasteiger partial charge in [-0.05, 0) is 28.8 Å². The van der Waals surface area contributed by atoms with Crippen LogP contribution in [0.3, 0.4) is 0 Å². The Balaban J connectivity index is 0.00000210. The van der Waals surface area contributed by atoms with E-state index in [0.717, 1.165) is 10.7 Å². The zero-order valence-electron chi connectivity index (χ0n) is 14.6. The Hall–Kier alpha value is -2.30. The maximum Gasteiger partial charge on any atom is 0.158 e. The molecule has 1 aliphatic rings. The highest BCUT2D eigenvalue weighted by Gasteiger charge is 2.31. The minimum Gasteiger partial charge on any atom is -0.356 e. The summed E-state index contributed by atoms with van der Waals surface area (Å²) in [6.07, 6.45) is 0. The van der Waals surface area contributed by atoms with Crippen LogP contribution in [0, 0.1) is 5.82 Å². The van der Waals surface area contributed by atoms with E-state index in [4.69, 9.17) is 4.99 Å². The third kappa shape index (κ3) is 4.71. The van der Waals surface area contributed by atoms with E-state index in [-0.39, 0.29) is 30.3 Å². The summed E-state index contributed by atoms with van der Waals surface area (Å²) in [6.45, 7) is 0. The number of hydrogen-bond donors (Lipinski definition) is 1. The van der Waals surface area contributed by atoms with Crippen LogP contribution in [0.1, 0.15) is 28.8 Å². The van der Waals surface area contributed by atoms with E-state index in [1.54, 1.807) is 23.9 Å². The van der Waals surface area contributed by atoms with E-state index in [2.05, 4.69) is 41.7 Å². The zero-order chi connectivity index (χ0) is 17.8. The van der Waals surface area contributed by atoms with E-state index >= 15 is 0 Å². The fourth-order valence-electron chi connectivity index (χ4n) is 3.15. The first-order chi connectivity index (χ1) is 12.8. The smallest absolute Gasteiger partial charge is 0.158 e. The summed E-state index contributed by atoms with van der Waals surface area (Å²) < 4.78 is 13.4. The second kappa shape index (κ2) is 9.07. The van der Waals surface area contributed by atoms with Gasteiger partial charge in [0.05, 0.1) is 6.04 Å². The van der Waals surface area contributed by atoms with Gasteiger partial charge >= 0.3 is 0 Å². The van der Waals surface area contributed by atoms with Crippen LogP contribution in [0.5, 0.6) is 0 Å². The summed E-state index contributed by atoms with van der Waals surface area (Å²) in [6, 6.07) is 27.6. The van der Waals surface area contributed by atoms with Crippen LogP contribution in [0.4, 0.5) is 4.39 Å². The SMILES string of the molecule is Cl.Fc1cccc(CSC2=NC(c3ccccc3)C(c3ccccc3)N2)c1. The predicted molar refractivity (Wildman–Crippen MR) is 114 cm³/mol. The van der Waals surface area contributed by atoms with Crippen molar-refractivity contribution in [1.29, 1.82) is 0 Å². The summed E-state index contributed by atoms with van der Waals surface area (Å²) in [5, 5.41) is 4.46. The molecule has 27 heavy (non-hydrogen) atoms. The molecule has 0 amide bonds. The van der Waals surface area contributed by atoms with Gasteiger partial charge < -0.3 is 5.32 Å². The number of rotatable bonds is 4. The summed E-state index contributed by atoms with van der Waals surface area (Å²) in [5.74, 6) is 0.487. The van der Waals surface area contributed by atoms with E-state index in [1.807, 2.05) is 30.3 Å². The van der Waals surface area contributed by atoms with Gasteiger partial charge in [0.15, 0.2) is 5.17 Å². The molecule has 2 unspecified atom stereocenters. The summed E-state index contributed by atoms with van der Waals surface area (Å²) in [7, 11) is 0. The van der Waals surface area contributed by atoms with Gasteiger partial charge in [0.1, 0.15) is 11.9 Å². The number of amidine groups is 1. The van der Waals surface area contributed by atoms with Gasteiger partial charge in [-0.25, -0.2) is 4.39 Å². The second-order valence-corrected chi connectivity index (χ2v) is 7.21. The monoisotopic (exact) mass is 398 g/mol. The minimum atomic E-state index is -0.200. The van der Waals surface area contributed by atoms with Gasteiger partial charge in [-0.3, -0.25) is 4.99 Å². The molecular formula is C22H20ClFN2S. The van der Waals surface area contributed by atoms with Gasteiger partial charge in [-0.1, -0.05) is 84.6 Å². The molecule has 3 aromatic rings. The van der Waals surface area contributed by atoms with Crippen molar-refractivity contribution in [3.8, 4) is 0 Å². The van der Waals surface area contributed by atoms with Crippen molar-refractivity contribution >= 4 is 29.3 Å². The minimum absolute atomic E-state index is 0. The number of aliphatic imine (C=N–C) groups is 1. The highest BCUT2D eigenvalue weighted by molar-refractivity contribution is 8.13. The van der Waals surface area contributed by atoms with Crippen molar-refractivity contribution in [1.82, 2.24) is 5.32 Å². The van der Waals surface area contributed by atoms with E-state index < -0.39 is 0 Å². The Labute approximate surface area is 169 Å². The molecule has 0 radical (unpaired) electrons. The molecule has 0 spiro atoms. The fraction of sp³-hybridized carbons (Fsp3) is 0.136. The first kappa shape index (κ1) is 19.5.